The summed E-state index contributed by atoms with van der Waals surface area (Å²) < 4.78 is 0. The van der Waals surface area contributed by atoms with Gasteiger partial charge in [0.1, 0.15) is 5.54 Å². The number of benzene rings is 1. The van der Waals surface area contributed by atoms with E-state index in [4.69, 9.17) is 0 Å². The van der Waals surface area contributed by atoms with Crippen LogP contribution in [0.3, 0.4) is 0 Å². The van der Waals surface area contributed by atoms with Gasteiger partial charge in [-0.15, -0.1) is 0 Å². The Hall–Kier alpha value is -1.84. The minimum Gasteiger partial charge on any atom is -0.319 e. The summed E-state index contributed by atoms with van der Waals surface area (Å²) in [5.41, 5.74) is 1.82. The number of urea groups is 1. The second kappa shape index (κ2) is 5.36. The molecule has 0 aromatic heterocycles. The summed E-state index contributed by atoms with van der Waals surface area (Å²) in [5.74, 6) is 2.72. The lowest BCUT2D eigenvalue weighted by Gasteiger charge is -2.57. The molecule has 1 heterocycles. The van der Waals surface area contributed by atoms with Gasteiger partial charge in [-0.3, -0.25) is 9.69 Å². The summed E-state index contributed by atoms with van der Waals surface area (Å²) in [6, 6.07) is 7.92. The third kappa shape index (κ3) is 2.22. The Kier molecular flexibility index (Phi) is 3.21. The van der Waals surface area contributed by atoms with Crippen molar-refractivity contribution in [3.63, 3.8) is 0 Å². The molecule has 1 aliphatic heterocycles. The van der Waals surface area contributed by atoms with Crippen molar-refractivity contribution < 1.29 is 9.59 Å². The average molecular weight is 364 g/mol. The van der Waals surface area contributed by atoms with Crippen LogP contribution in [0.4, 0.5) is 4.79 Å². The van der Waals surface area contributed by atoms with E-state index >= 15 is 0 Å². The van der Waals surface area contributed by atoms with Gasteiger partial charge in [-0.1, -0.05) is 24.3 Å². The molecule has 5 fully saturated rings. The zero-order chi connectivity index (χ0) is 18.2. The largest absolute Gasteiger partial charge is 0.325 e. The van der Waals surface area contributed by atoms with Gasteiger partial charge in [-0.05, 0) is 92.1 Å². The standard InChI is InChI=1S/C23H28N2O2/c26-20-23(6-5-18-3-1-2-4-19(18)23)24-21(27)25(20)8-7-22-12-15-9-16(13-22)11-17(10-15)14-22/h1-4,15-17H,5-14H2,(H,24,27). The first-order chi connectivity index (χ1) is 13.1. The number of hydrogen-bond donors (Lipinski definition) is 1. The number of fused-ring (bicyclic) bond motifs is 2. The minimum absolute atomic E-state index is 0.0119. The molecule has 1 unspecified atom stereocenters. The molecule has 1 saturated heterocycles. The molecule has 3 amide bonds. The van der Waals surface area contributed by atoms with Crippen molar-refractivity contribution in [3.05, 3.63) is 35.4 Å². The van der Waals surface area contributed by atoms with Crippen molar-refractivity contribution in [2.75, 3.05) is 6.54 Å². The van der Waals surface area contributed by atoms with Crippen molar-refractivity contribution in [1.29, 1.82) is 0 Å². The van der Waals surface area contributed by atoms with Gasteiger partial charge in [-0.2, -0.15) is 0 Å². The number of aryl methyl sites for hydroxylation is 1. The number of rotatable bonds is 3. The summed E-state index contributed by atoms with van der Waals surface area (Å²) in [5, 5.41) is 3.08. The van der Waals surface area contributed by atoms with Gasteiger partial charge in [0.2, 0.25) is 0 Å². The Morgan fingerprint density at radius 2 is 1.67 bits per heavy atom. The minimum atomic E-state index is -0.796. The Morgan fingerprint density at radius 3 is 2.37 bits per heavy atom. The fourth-order valence-corrected chi connectivity index (χ4v) is 7.74. The van der Waals surface area contributed by atoms with Crippen LogP contribution in [0.5, 0.6) is 0 Å². The van der Waals surface area contributed by atoms with Gasteiger partial charge in [0.25, 0.3) is 5.91 Å². The zero-order valence-electron chi connectivity index (χ0n) is 15.9. The van der Waals surface area contributed by atoms with Crippen LogP contribution >= 0.6 is 0 Å². The second-order valence-electron chi connectivity index (χ2n) is 10.1. The van der Waals surface area contributed by atoms with Crippen molar-refractivity contribution in [2.24, 2.45) is 23.2 Å². The Bertz CT molecular complexity index is 796. The van der Waals surface area contributed by atoms with Gasteiger partial charge < -0.3 is 5.32 Å². The molecule has 0 radical (unpaired) electrons. The highest BCUT2D eigenvalue weighted by atomic mass is 16.2. The zero-order valence-corrected chi connectivity index (χ0v) is 15.9. The molecule has 7 rings (SSSR count). The highest BCUT2D eigenvalue weighted by molar-refractivity contribution is 6.08. The summed E-state index contributed by atoms with van der Waals surface area (Å²) in [4.78, 5) is 27.7. The van der Waals surface area contributed by atoms with Gasteiger partial charge in [0.05, 0.1) is 0 Å². The maximum atomic E-state index is 13.4. The lowest BCUT2D eigenvalue weighted by atomic mass is 9.49. The molecule has 1 N–H and O–H groups in total. The van der Waals surface area contributed by atoms with Crippen molar-refractivity contribution in [1.82, 2.24) is 10.2 Å². The van der Waals surface area contributed by atoms with Crippen LogP contribution in [0.15, 0.2) is 24.3 Å². The van der Waals surface area contributed by atoms with Gasteiger partial charge in [-0.25, -0.2) is 4.79 Å². The molecule has 5 aliphatic carbocycles. The molecule has 4 nitrogen and oxygen atoms in total. The van der Waals surface area contributed by atoms with E-state index in [0.29, 0.717) is 18.4 Å². The first kappa shape index (κ1) is 16.1. The van der Waals surface area contributed by atoms with E-state index in [1.807, 2.05) is 18.2 Å². The smallest absolute Gasteiger partial charge is 0.319 e. The van der Waals surface area contributed by atoms with Crippen molar-refractivity contribution >= 4 is 11.9 Å². The topological polar surface area (TPSA) is 49.4 Å². The maximum Gasteiger partial charge on any atom is 0.325 e. The van der Waals surface area contributed by atoms with Gasteiger partial charge in [0, 0.05) is 6.54 Å². The molecule has 27 heavy (non-hydrogen) atoms. The summed E-state index contributed by atoms with van der Waals surface area (Å²) in [6.45, 7) is 0.598. The fourth-order valence-electron chi connectivity index (χ4n) is 7.74. The monoisotopic (exact) mass is 364 g/mol. The number of amides is 3. The SMILES string of the molecule is O=C1NC2(CCc3ccccc32)C(=O)N1CCC12CC3CC(CC(C3)C1)C2. The van der Waals surface area contributed by atoms with E-state index in [-0.39, 0.29) is 11.9 Å². The first-order valence-electron chi connectivity index (χ1n) is 10.8. The molecule has 6 aliphatic rings. The predicted octanol–water partition coefficient (Wildman–Crippen LogP) is 3.99. The first-order valence-corrected chi connectivity index (χ1v) is 10.8. The quantitative estimate of drug-likeness (QED) is 0.825. The summed E-state index contributed by atoms with van der Waals surface area (Å²) >= 11 is 0. The van der Waals surface area contributed by atoms with E-state index in [1.54, 1.807) is 4.90 Å². The molecular weight excluding hydrogens is 336 g/mol. The molecular formula is C23H28N2O2. The van der Waals surface area contributed by atoms with E-state index in [1.165, 1.54) is 44.1 Å². The van der Waals surface area contributed by atoms with Crippen molar-refractivity contribution in [3.8, 4) is 0 Å². The third-order valence-corrected chi connectivity index (χ3v) is 8.45. The fraction of sp³-hybridized carbons (Fsp3) is 0.652. The Labute approximate surface area is 160 Å². The number of nitrogens with one attached hydrogen (secondary N) is 1. The maximum absolute atomic E-state index is 13.4. The molecule has 4 heteroatoms. The summed E-state index contributed by atoms with van der Waals surface area (Å²) in [7, 11) is 0. The average Bonchev–Trinajstić information content (AvgIpc) is 3.11. The molecule has 1 aromatic carbocycles. The van der Waals surface area contributed by atoms with Crippen LogP contribution in [0.25, 0.3) is 0 Å². The molecule has 4 bridgehead atoms. The summed E-state index contributed by atoms with van der Waals surface area (Å²) in [6.07, 6.45) is 10.9. The van der Waals surface area contributed by atoms with Gasteiger partial charge in [0.15, 0.2) is 0 Å². The van der Waals surface area contributed by atoms with Crippen LogP contribution in [0, 0.1) is 23.2 Å². The number of carbonyl (C=O) groups is 2. The number of hydrogen-bond acceptors (Lipinski definition) is 2. The van der Waals surface area contributed by atoms with E-state index in [2.05, 4.69) is 11.4 Å². The Morgan fingerprint density at radius 1 is 1.00 bits per heavy atom. The van der Waals surface area contributed by atoms with Crippen molar-refractivity contribution in [2.45, 2.75) is 63.3 Å². The van der Waals surface area contributed by atoms with E-state index in [0.717, 1.165) is 36.2 Å². The van der Waals surface area contributed by atoms with Crippen LogP contribution in [0.2, 0.25) is 0 Å². The van der Waals surface area contributed by atoms with Crippen LogP contribution < -0.4 is 5.32 Å². The van der Waals surface area contributed by atoms with Gasteiger partial charge >= 0.3 is 6.03 Å². The molecule has 1 aromatic rings. The lowest BCUT2D eigenvalue weighted by Crippen LogP contribution is -2.48. The second-order valence-corrected chi connectivity index (χ2v) is 10.1. The molecule has 4 saturated carbocycles. The molecule has 142 valence electrons. The molecule has 1 spiro atoms. The van der Waals surface area contributed by atoms with Crippen LogP contribution in [-0.4, -0.2) is 23.4 Å². The Balaban J connectivity index is 1.23. The van der Waals surface area contributed by atoms with Crippen LogP contribution in [-0.2, 0) is 16.8 Å². The highest BCUT2D eigenvalue weighted by Crippen LogP contribution is 2.61. The third-order valence-electron chi connectivity index (χ3n) is 8.45. The van der Waals surface area contributed by atoms with Crippen LogP contribution in [0.1, 0.15) is 62.5 Å². The van der Waals surface area contributed by atoms with E-state index < -0.39 is 5.54 Å². The lowest BCUT2D eigenvalue weighted by molar-refractivity contribution is -0.132. The highest BCUT2D eigenvalue weighted by Gasteiger charge is 2.56. The predicted molar refractivity (Wildman–Crippen MR) is 102 cm³/mol. The molecule has 1 atom stereocenters. The number of imide groups is 1. The number of carbonyl (C=O) groups excluding carboxylic acids is 2. The number of nitrogens with zero attached hydrogens (tertiary/aromatic N) is 1. The van der Waals surface area contributed by atoms with E-state index in [9.17, 15) is 9.59 Å². The normalized spacial score (nSPS) is 41.5.